The van der Waals surface area contributed by atoms with E-state index >= 15 is 0 Å². The maximum atomic E-state index is 12.8. The summed E-state index contributed by atoms with van der Waals surface area (Å²) in [6.07, 6.45) is 5.95. The standard InChI is InChI=1S/C20H25N3O2/c1-2-3-12-21-18(24)13-22-20(25)19-14-8-4-6-10-16(14)23-17-11-7-5-9-15(17)19/h4,6,8,10H,2-3,5,7,9,11-13H2,1H3,(H,21,24)(H,22,25). The molecule has 5 nitrogen and oxygen atoms in total. The minimum atomic E-state index is -0.178. The number of aryl methyl sites for hydroxylation is 1. The van der Waals surface area contributed by atoms with Crippen LogP contribution in [-0.4, -0.2) is 29.9 Å². The second kappa shape index (κ2) is 8.10. The van der Waals surface area contributed by atoms with Crippen molar-refractivity contribution in [1.82, 2.24) is 15.6 Å². The largest absolute Gasteiger partial charge is 0.355 e. The number of aromatic nitrogens is 1. The van der Waals surface area contributed by atoms with Gasteiger partial charge in [0.15, 0.2) is 0 Å². The number of amides is 2. The third-order valence-corrected chi connectivity index (χ3v) is 4.66. The zero-order chi connectivity index (χ0) is 17.6. The number of nitrogens with one attached hydrogen (secondary N) is 2. The second-order valence-electron chi connectivity index (χ2n) is 6.52. The first-order chi connectivity index (χ1) is 12.2. The minimum absolute atomic E-state index is 0.00791. The number of hydrogen-bond acceptors (Lipinski definition) is 3. The Kier molecular flexibility index (Phi) is 5.64. The van der Waals surface area contributed by atoms with E-state index in [4.69, 9.17) is 4.98 Å². The molecule has 0 aliphatic heterocycles. The van der Waals surface area contributed by atoms with Crippen molar-refractivity contribution in [2.45, 2.75) is 45.4 Å². The molecule has 0 bridgehead atoms. The number of unbranched alkanes of at least 4 members (excludes halogenated alkanes) is 1. The van der Waals surface area contributed by atoms with Crippen molar-refractivity contribution < 1.29 is 9.59 Å². The Balaban J connectivity index is 1.82. The highest BCUT2D eigenvalue weighted by molar-refractivity contribution is 6.08. The van der Waals surface area contributed by atoms with Crippen molar-refractivity contribution >= 4 is 22.7 Å². The first-order valence-corrected chi connectivity index (χ1v) is 9.16. The van der Waals surface area contributed by atoms with E-state index in [0.717, 1.165) is 60.7 Å². The van der Waals surface area contributed by atoms with Gasteiger partial charge >= 0.3 is 0 Å². The Labute approximate surface area is 148 Å². The molecule has 2 N–H and O–H groups in total. The van der Waals surface area contributed by atoms with Crippen LogP contribution in [0.5, 0.6) is 0 Å². The van der Waals surface area contributed by atoms with E-state index in [1.807, 2.05) is 24.3 Å². The van der Waals surface area contributed by atoms with Crippen LogP contribution in [0.4, 0.5) is 0 Å². The fourth-order valence-electron chi connectivity index (χ4n) is 3.35. The molecule has 0 fully saturated rings. The molecule has 1 aromatic heterocycles. The number of rotatable bonds is 6. The number of fused-ring (bicyclic) bond motifs is 2. The molecule has 0 saturated heterocycles. The van der Waals surface area contributed by atoms with E-state index < -0.39 is 0 Å². The number of carbonyl (C=O) groups excluding carboxylic acids is 2. The summed E-state index contributed by atoms with van der Waals surface area (Å²) in [4.78, 5) is 29.5. The predicted molar refractivity (Wildman–Crippen MR) is 98.6 cm³/mol. The van der Waals surface area contributed by atoms with Crippen molar-refractivity contribution in [3.63, 3.8) is 0 Å². The fourth-order valence-corrected chi connectivity index (χ4v) is 3.35. The van der Waals surface area contributed by atoms with Crippen LogP contribution in [0.25, 0.3) is 10.9 Å². The van der Waals surface area contributed by atoms with Crippen molar-refractivity contribution in [3.8, 4) is 0 Å². The van der Waals surface area contributed by atoms with Crippen LogP contribution in [0, 0.1) is 0 Å². The SMILES string of the molecule is CCCCNC(=O)CNC(=O)c1c2c(nc3ccccc13)CCCC2. The number of para-hydroxylation sites is 1. The molecule has 2 amide bonds. The van der Waals surface area contributed by atoms with Gasteiger partial charge in [-0.1, -0.05) is 31.5 Å². The van der Waals surface area contributed by atoms with Crippen molar-refractivity contribution in [1.29, 1.82) is 0 Å². The van der Waals surface area contributed by atoms with E-state index in [1.54, 1.807) is 0 Å². The average molecular weight is 339 g/mol. The van der Waals surface area contributed by atoms with Crippen LogP contribution in [0.1, 0.15) is 54.2 Å². The van der Waals surface area contributed by atoms with E-state index in [9.17, 15) is 9.59 Å². The smallest absolute Gasteiger partial charge is 0.252 e. The maximum Gasteiger partial charge on any atom is 0.252 e. The molecule has 1 aliphatic carbocycles. The molecule has 5 heteroatoms. The van der Waals surface area contributed by atoms with Gasteiger partial charge in [-0.05, 0) is 43.7 Å². The quantitative estimate of drug-likeness (QED) is 0.795. The summed E-state index contributed by atoms with van der Waals surface area (Å²) in [5, 5.41) is 6.48. The molecular weight excluding hydrogens is 314 g/mol. The summed E-state index contributed by atoms with van der Waals surface area (Å²) in [7, 11) is 0. The normalized spacial score (nSPS) is 13.3. The second-order valence-corrected chi connectivity index (χ2v) is 6.52. The molecule has 3 rings (SSSR count). The molecule has 0 atom stereocenters. The minimum Gasteiger partial charge on any atom is -0.355 e. The van der Waals surface area contributed by atoms with Gasteiger partial charge in [0.2, 0.25) is 5.91 Å². The van der Waals surface area contributed by atoms with Crippen molar-refractivity contribution in [2.24, 2.45) is 0 Å². The van der Waals surface area contributed by atoms with Gasteiger partial charge in [0.05, 0.1) is 17.6 Å². The van der Waals surface area contributed by atoms with Gasteiger partial charge in [-0.3, -0.25) is 14.6 Å². The monoisotopic (exact) mass is 339 g/mol. The van der Waals surface area contributed by atoms with Crippen molar-refractivity contribution in [2.75, 3.05) is 13.1 Å². The van der Waals surface area contributed by atoms with Gasteiger partial charge in [0.1, 0.15) is 0 Å². The highest BCUT2D eigenvalue weighted by Gasteiger charge is 2.22. The van der Waals surface area contributed by atoms with Gasteiger partial charge in [-0.25, -0.2) is 0 Å². The number of nitrogens with zero attached hydrogens (tertiary/aromatic N) is 1. The molecule has 2 aromatic rings. The summed E-state index contributed by atoms with van der Waals surface area (Å²) in [6, 6.07) is 7.74. The summed E-state index contributed by atoms with van der Waals surface area (Å²) in [5.74, 6) is -0.323. The zero-order valence-electron chi connectivity index (χ0n) is 14.7. The third kappa shape index (κ3) is 3.98. The maximum absolute atomic E-state index is 12.8. The van der Waals surface area contributed by atoms with Crippen LogP contribution in [0.15, 0.2) is 24.3 Å². The molecule has 0 saturated carbocycles. The summed E-state index contributed by atoms with van der Waals surface area (Å²) >= 11 is 0. The summed E-state index contributed by atoms with van der Waals surface area (Å²) in [6.45, 7) is 2.73. The van der Waals surface area contributed by atoms with Crippen LogP contribution >= 0.6 is 0 Å². The van der Waals surface area contributed by atoms with Crippen LogP contribution in [-0.2, 0) is 17.6 Å². The number of carbonyl (C=O) groups is 2. The molecule has 1 aliphatic rings. The molecule has 0 unspecified atom stereocenters. The third-order valence-electron chi connectivity index (χ3n) is 4.66. The summed E-state index contributed by atoms with van der Waals surface area (Å²) < 4.78 is 0. The number of hydrogen-bond donors (Lipinski definition) is 2. The van der Waals surface area contributed by atoms with Gasteiger partial charge in [-0.2, -0.15) is 0 Å². The molecule has 0 spiro atoms. The first kappa shape index (κ1) is 17.4. The van der Waals surface area contributed by atoms with E-state index in [0.29, 0.717) is 12.1 Å². The van der Waals surface area contributed by atoms with E-state index in [2.05, 4.69) is 17.6 Å². The number of pyridine rings is 1. The molecule has 132 valence electrons. The lowest BCUT2D eigenvalue weighted by atomic mass is 9.89. The molecule has 1 aromatic carbocycles. The fraction of sp³-hybridized carbons (Fsp3) is 0.450. The predicted octanol–water partition coefficient (Wildman–Crippen LogP) is 2.76. The Morgan fingerprint density at radius 3 is 2.76 bits per heavy atom. The lowest BCUT2D eigenvalue weighted by Crippen LogP contribution is -2.37. The molecular formula is C20H25N3O2. The van der Waals surface area contributed by atoms with Crippen LogP contribution < -0.4 is 10.6 Å². The lowest BCUT2D eigenvalue weighted by Gasteiger charge is -2.20. The molecule has 1 heterocycles. The number of benzene rings is 1. The zero-order valence-corrected chi connectivity index (χ0v) is 14.7. The average Bonchev–Trinajstić information content (AvgIpc) is 2.64. The van der Waals surface area contributed by atoms with Gasteiger partial charge in [0.25, 0.3) is 5.91 Å². The molecule has 0 radical (unpaired) electrons. The Hall–Kier alpha value is -2.43. The first-order valence-electron chi connectivity index (χ1n) is 9.16. The van der Waals surface area contributed by atoms with Gasteiger partial charge in [-0.15, -0.1) is 0 Å². The summed E-state index contributed by atoms with van der Waals surface area (Å²) in [5.41, 5.74) is 3.62. The Bertz CT molecular complexity index is 786. The lowest BCUT2D eigenvalue weighted by molar-refractivity contribution is -0.120. The topological polar surface area (TPSA) is 71.1 Å². The molecule has 25 heavy (non-hydrogen) atoms. The van der Waals surface area contributed by atoms with Gasteiger partial charge in [0, 0.05) is 17.6 Å². The highest BCUT2D eigenvalue weighted by Crippen LogP contribution is 2.29. The Morgan fingerprint density at radius 1 is 1.12 bits per heavy atom. The van der Waals surface area contributed by atoms with E-state index in [1.165, 1.54) is 0 Å². The Morgan fingerprint density at radius 2 is 1.92 bits per heavy atom. The van der Waals surface area contributed by atoms with Crippen molar-refractivity contribution in [3.05, 3.63) is 41.1 Å². The van der Waals surface area contributed by atoms with E-state index in [-0.39, 0.29) is 18.4 Å². The van der Waals surface area contributed by atoms with Crippen LogP contribution in [0.3, 0.4) is 0 Å². The van der Waals surface area contributed by atoms with Crippen LogP contribution in [0.2, 0.25) is 0 Å². The highest BCUT2D eigenvalue weighted by atomic mass is 16.2. The van der Waals surface area contributed by atoms with Gasteiger partial charge < -0.3 is 10.6 Å².